The second-order valence-corrected chi connectivity index (χ2v) is 7.68. The van der Waals surface area contributed by atoms with Crippen LogP contribution in [0.15, 0.2) is 30.3 Å². The van der Waals surface area contributed by atoms with Gasteiger partial charge in [-0.2, -0.15) is 0 Å². The Hall–Kier alpha value is -2.38. The van der Waals surface area contributed by atoms with Crippen molar-refractivity contribution in [1.82, 2.24) is 14.8 Å². The molecule has 7 heteroatoms. The minimum absolute atomic E-state index is 0.00650. The third kappa shape index (κ3) is 3.57. The van der Waals surface area contributed by atoms with Crippen LogP contribution in [0.5, 0.6) is 0 Å². The molecule has 0 unspecified atom stereocenters. The Balaban J connectivity index is 1.34. The van der Waals surface area contributed by atoms with E-state index >= 15 is 0 Å². The highest BCUT2D eigenvalue weighted by Crippen LogP contribution is 2.36. The average Bonchev–Trinajstić information content (AvgIpc) is 3.07. The molecule has 2 aliphatic heterocycles. The highest BCUT2D eigenvalue weighted by atomic mass is 16.5. The van der Waals surface area contributed by atoms with Crippen LogP contribution in [-0.4, -0.2) is 78.7 Å². The van der Waals surface area contributed by atoms with Crippen LogP contribution < -0.4 is 0 Å². The number of aromatic nitrogens is 1. The fourth-order valence-corrected chi connectivity index (χ4v) is 3.82. The molecule has 0 radical (unpaired) electrons. The number of H-pyrrole nitrogens is 1. The summed E-state index contributed by atoms with van der Waals surface area (Å²) in [6, 6.07) is 9.75. The average molecular weight is 371 g/mol. The van der Waals surface area contributed by atoms with Gasteiger partial charge in [-0.15, -0.1) is 0 Å². The molecule has 1 aromatic carbocycles. The molecule has 2 aliphatic rings. The first kappa shape index (κ1) is 18.0. The van der Waals surface area contributed by atoms with Crippen LogP contribution in [0, 0.1) is 0 Å². The van der Waals surface area contributed by atoms with Crippen molar-refractivity contribution < 1.29 is 19.1 Å². The number of para-hydroxylation sites is 1. The lowest BCUT2D eigenvalue weighted by Crippen LogP contribution is -2.67. The standard InChI is InChI=1S/C20H25N3O4/c1-22(2)18(24)11-26-15-7-8-27-20(10-15)12-23(13-20)19(25)17-9-14-5-3-4-6-16(14)21-17/h3-6,9,15,21H,7-8,10-13H2,1-2H3/t15-/m1/s1. The van der Waals surface area contributed by atoms with Gasteiger partial charge in [0.05, 0.1) is 19.2 Å². The normalized spacial score (nSPS) is 21.3. The number of aromatic amines is 1. The van der Waals surface area contributed by atoms with E-state index in [0.29, 0.717) is 31.8 Å². The lowest BCUT2D eigenvalue weighted by atomic mass is 9.84. The SMILES string of the molecule is CN(C)C(=O)CO[C@@H]1CCOC2(C1)CN(C(=O)c1cc3ccccc3[nH]1)C2. The fraction of sp³-hybridized carbons (Fsp3) is 0.500. The van der Waals surface area contributed by atoms with E-state index in [9.17, 15) is 9.59 Å². The van der Waals surface area contributed by atoms with Crippen molar-refractivity contribution in [3.05, 3.63) is 36.0 Å². The molecular weight excluding hydrogens is 346 g/mol. The van der Waals surface area contributed by atoms with Crippen molar-refractivity contribution in [2.45, 2.75) is 24.5 Å². The number of nitrogens with zero attached hydrogens (tertiary/aromatic N) is 2. The monoisotopic (exact) mass is 371 g/mol. The second-order valence-electron chi connectivity index (χ2n) is 7.68. The summed E-state index contributed by atoms with van der Waals surface area (Å²) in [6.45, 7) is 1.80. The summed E-state index contributed by atoms with van der Waals surface area (Å²) in [5.41, 5.74) is 1.22. The van der Waals surface area contributed by atoms with E-state index in [-0.39, 0.29) is 30.1 Å². The first-order valence-corrected chi connectivity index (χ1v) is 9.28. The summed E-state index contributed by atoms with van der Waals surface area (Å²) in [4.78, 5) is 31.0. The molecule has 144 valence electrons. The van der Waals surface area contributed by atoms with Gasteiger partial charge in [-0.1, -0.05) is 18.2 Å². The summed E-state index contributed by atoms with van der Waals surface area (Å²) >= 11 is 0. The molecule has 1 atom stereocenters. The van der Waals surface area contributed by atoms with Gasteiger partial charge in [0.15, 0.2) is 0 Å². The van der Waals surface area contributed by atoms with Crippen molar-refractivity contribution in [1.29, 1.82) is 0 Å². The number of carbonyl (C=O) groups excluding carboxylic acids is 2. The molecular formula is C20H25N3O4. The second kappa shape index (κ2) is 6.98. The number of carbonyl (C=O) groups is 2. The smallest absolute Gasteiger partial charge is 0.270 e. The Kier molecular flexibility index (Phi) is 4.65. The largest absolute Gasteiger partial charge is 0.371 e. The molecule has 2 fully saturated rings. The van der Waals surface area contributed by atoms with Gasteiger partial charge in [0.25, 0.3) is 5.91 Å². The summed E-state index contributed by atoms with van der Waals surface area (Å²) < 4.78 is 11.8. The summed E-state index contributed by atoms with van der Waals surface area (Å²) in [5, 5.41) is 1.03. The Bertz CT molecular complexity index is 821. The molecule has 1 spiro atoms. The van der Waals surface area contributed by atoms with Gasteiger partial charge < -0.3 is 24.3 Å². The Morgan fingerprint density at radius 1 is 1.33 bits per heavy atom. The molecule has 0 aliphatic carbocycles. The van der Waals surface area contributed by atoms with E-state index in [1.54, 1.807) is 19.0 Å². The van der Waals surface area contributed by atoms with Gasteiger partial charge in [-0.05, 0) is 18.6 Å². The van der Waals surface area contributed by atoms with Gasteiger partial charge in [0.2, 0.25) is 5.91 Å². The molecule has 0 bridgehead atoms. The van der Waals surface area contributed by atoms with Crippen LogP contribution in [0.2, 0.25) is 0 Å². The fourth-order valence-electron chi connectivity index (χ4n) is 3.82. The van der Waals surface area contributed by atoms with Crippen LogP contribution in [0.25, 0.3) is 10.9 Å². The number of hydrogen-bond donors (Lipinski definition) is 1. The molecule has 7 nitrogen and oxygen atoms in total. The van der Waals surface area contributed by atoms with E-state index in [0.717, 1.165) is 17.3 Å². The number of likely N-dealkylation sites (N-methyl/N-ethyl adjacent to an activating group) is 1. The highest BCUT2D eigenvalue weighted by molar-refractivity contribution is 5.98. The van der Waals surface area contributed by atoms with E-state index in [1.165, 1.54) is 4.90 Å². The molecule has 27 heavy (non-hydrogen) atoms. The highest BCUT2D eigenvalue weighted by Gasteiger charge is 2.50. The number of benzene rings is 1. The Labute approximate surface area is 158 Å². The molecule has 4 rings (SSSR count). The molecule has 1 aromatic heterocycles. The molecule has 2 aromatic rings. The van der Waals surface area contributed by atoms with Crippen molar-refractivity contribution in [2.24, 2.45) is 0 Å². The van der Waals surface area contributed by atoms with Gasteiger partial charge in [0.1, 0.15) is 17.9 Å². The predicted octanol–water partition coefficient (Wildman–Crippen LogP) is 1.65. The number of ether oxygens (including phenoxy) is 2. The summed E-state index contributed by atoms with van der Waals surface area (Å²) in [6.07, 6.45) is 1.48. The van der Waals surface area contributed by atoms with Crippen molar-refractivity contribution >= 4 is 22.7 Å². The molecule has 2 amide bonds. The molecule has 0 saturated carbocycles. The number of likely N-dealkylation sites (tertiary alicyclic amines) is 1. The topological polar surface area (TPSA) is 74.9 Å². The summed E-state index contributed by atoms with van der Waals surface area (Å²) in [7, 11) is 3.44. The number of fused-ring (bicyclic) bond motifs is 1. The van der Waals surface area contributed by atoms with E-state index < -0.39 is 0 Å². The number of rotatable bonds is 4. The van der Waals surface area contributed by atoms with E-state index in [1.807, 2.05) is 30.3 Å². The zero-order chi connectivity index (χ0) is 19.0. The minimum Gasteiger partial charge on any atom is -0.371 e. The number of hydrogen-bond acceptors (Lipinski definition) is 4. The third-order valence-corrected chi connectivity index (χ3v) is 5.39. The van der Waals surface area contributed by atoms with Gasteiger partial charge >= 0.3 is 0 Å². The molecule has 3 heterocycles. The zero-order valence-corrected chi connectivity index (χ0v) is 15.7. The number of amides is 2. The predicted molar refractivity (Wildman–Crippen MR) is 101 cm³/mol. The van der Waals surface area contributed by atoms with Crippen LogP contribution in [0.4, 0.5) is 0 Å². The maximum atomic E-state index is 12.8. The Morgan fingerprint density at radius 2 is 2.11 bits per heavy atom. The van der Waals surface area contributed by atoms with Crippen molar-refractivity contribution in [2.75, 3.05) is 40.4 Å². The van der Waals surface area contributed by atoms with Crippen LogP contribution >= 0.6 is 0 Å². The van der Waals surface area contributed by atoms with Gasteiger partial charge in [0, 0.05) is 38.0 Å². The maximum Gasteiger partial charge on any atom is 0.270 e. The van der Waals surface area contributed by atoms with Gasteiger partial charge in [-0.25, -0.2) is 0 Å². The molecule has 1 N–H and O–H groups in total. The van der Waals surface area contributed by atoms with Crippen molar-refractivity contribution in [3.8, 4) is 0 Å². The van der Waals surface area contributed by atoms with Crippen LogP contribution in [-0.2, 0) is 14.3 Å². The van der Waals surface area contributed by atoms with E-state index in [4.69, 9.17) is 9.47 Å². The maximum absolute atomic E-state index is 12.8. The number of nitrogens with one attached hydrogen (secondary N) is 1. The van der Waals surface area contributed by atoms with Crippen LogP contribution in [0.1, 0.15) is 23.3 Å². The summed E-state index contributed by atoms with van der Waals surface area (Å²) in [5.74, 6) is -0.0500. The van der Waals surface area contributed by atoms with E-state index in [2.05, 4.69) is 4.98 Å². The van der Waals surface area contributed by atoms with Crippen LogP contribution in [0.3, 0.4) is 0 Å². The minimum atomic E-state index is -0.342. The lowest BCUT2D eigenvalue weighted by molar-refractivity contribution is -0.188. The first-order valence-electron chi connectivity index (χ1n) is 9.28. The lowest BCUT2D eigenvalue weighted by Gasteiger charge is -2.52. The van der Waals surface area contributed by atoms with Gasteiger partial charge in [-0.3, -0.25) is 9.59 Å². The zero-order valence-electron chi connectivity index (χ0n) is 15.7. The quantitative estimate of drug-likeness (QED) is 0.887. The molecule has 2 saturated heterocycles. The Morgan fingerprint density at radius 3 is 2.85 bits per heavy atom. The van der Waals surface area contributed by atoms with Crippen molar-refractivity contribution in [3.63, 3.8) is 0 Å². The third-order valence-electron chi connectivity index (χ3n) is 5.39. The first-order chi connectivity index (χ1) is 13.0.